The van der Waals surface area contributed by atoms with Gasteiger partial charge in [-0.3, -0.25) is 0 Å². The summed E-state index contributed by atoms with van der Waals surface area (Å²) in [5, 5.41) is 0. The van der Waals surface area contributed by atoms with Crippen LogP contribution >= 0.6 is 61.1 Å². The van der Waals surface area contributed by atoms with E-state index in [1.54, 1.807) is 0 Å². The van der Waals surface area contributed by atoms with Gasteiger partial charge in [0.2, 0.25) is 0 Å². The van der Waals surface area contributed by atoms with E-state index in [1.807, 2.05) is 0 Å². The van der Waals surface area contributed by atoms with Gasteiger partial charge in [-0.05, 0) is 99.2 Å². The van der Waals surface area contributed by atoms with Crippen LogP contribution in [-0.2, 0) is 0 Å². The minimum absolute atomic E-state index is 1.17. The molecule has 0 saturated carbocycles. The molecule has 0 amide bonds. The molecule has 0 heterocycles. The molecule has 0 unspecified atom stereocenters. The molecule has 17 heavy (non-hydrogen) atoms. The molecular formula is C14H13BrI2. The topological polar surface area (TPSA) is 0 Å². The molecule has 2 aromatic carbocycles. The van der Waals surface area contributed by atoms with E-state index in [-0.39, 0.29) is 0 Å². The van der Waals surface area contributed by atoms with Crippen molar-refractivity contribution in [3.8, 4) is 0 Å². The molecule has 2 aromatic rings. The van der Waals surface area contributed by atoms with E-state index in [2.05, 4.69) is 117 Å². The van der Waals surface area contributed by atoms with Crippen LogP contribution in [0.1, 0.15) is 11.1 Å². The van der Waals surface area contributed by atoms with Crippen molar-refractivity contribution < 1.29 is 0 Å². The van der Waals surface area contributed by atoms with E-state index in [0.717, 1.165) is 0 Å². The Balaban J connectivity index is 0.000000171. The van der Waals surface area contributed by atoms with Gasteiger partial charge in [-0.1, -0.05) is 29.3 Å². The quantitative estimate of drug-likeness (QED) is 0.380. The van der Waals surface area contributed by atoms with Gasteiger partial charge in [0, 0.05) is 11.6 Å². The molecule has 0 bridgehead atoms. The molecule has 0 aromatic heterocycles. The fraction of sp³-hybridized carbons (Fsp3) is 0.143. The molecule has 0 N–H and O–H groups in total. The standard InChI is InChI=1S/C7H6BrI.C7H7I/c1-5-2-3-6(8)7(9)4-5;1-6-3-2-4-7(8)5-6/h2-4H,1H3;2-5H,1H3. The number of halogens is 3. The predicted molar refractivity (Wildman–Crippen MR) is 95.5 cm³/mol. The van der Waals surface area contributed by atoms with Gasteiger partial charge in [0.1, 0.15) is 0 Å². The molecule has 0 aliphatic rings. The minimum atomic E-state index is 1.17. The Labute approximate surface area is 139 Å². The average molecular weight is 515 g/mol. The molecule has 0 aliphatic carbocycles. The first-order chi connectivity index (χ1) is 7.99. The normalized spacial score (nSPS) is 9.47. The van der Waals surface area contributed by atoms with Gasteiger partial charge in [-0.15, -0.1) is 0 Å². The van der Waals surface area contributed by atoms with Gasteiger partial charge in [0.25, 0.3) is 0 Å². The van der Waals surface area contributed by atoms with Crippen molar-refractivity contribution in [3.63, 3.8) is 0 Å². The second-order valence-electron chi connectivity index (χ2n) is 3.72. The van der Waals surface area contributed by atoms with Crippen molar-refractivity contribution in [2.24, 2.45) is 0 Å². The highest BCUT2D eigenvalue weighted by molar-refractivity contribution is 14.1. The van der Waals surface area contributed by atoms with Crippen LogP contribution in [0.3, 0.4) is 0 Å². The fourth-order valence-corrected chi connectivity index (χ4v) is 2.82. The van der Waals surface area contributed by atoms with E-state index in [0.29, 0.717) is 0 Å². The zero-order valence-electron chi connectivity index (χ0n) is 9.68. The lowest BCUT2D eigenvalue weighted by atomic mass is 10.2. The van der Waals surface area contributed by atoms with Crippen molar-refractivity contribution in [3.05, 3.63) is 65.2 Å². The minimum Gasteiger partial charge on any atom is -0.0610 e. The number of benzene rings is 2. The Kier molecular flexibility index (Phi) is 7.02. The van der Waals surface area contributed by atoms with E-state index < -0.39 is 0 Å². The van der Waals surface area contributed by atoms with Crippen molar-refractivity contribution >= 4 is 61.1 Å². The molecule has 0 spiro atoms. The zero-order valence-corrected chi connectivity index (χ0v) is 15.6. The first-order valence-corrected chi connectivity index (χ1v) is 8.08. The third-order valence-corrected chi connectivity index (χ3v) is 5.05. The second kappa shape index (κ2) is 7.74. The molecular weight excluding hydrogens is 502 g/mol. The first-order valence-electron chi connectivity index (χ1n) is 5.13. The van der Waals surface area contributed by atoms with Gasteiger partial charge < -0.3 is 0 Å². The molecule has 3 heteroatoms. The maximum Gasteiger partial charge on any atom is 0.0309 e. The van der Waals surface area contributed by atoms with E-state index >= 15 is 0 Å². The zero-order chi connectivity index (χ0) is 12.8. The van der Waals surface area contributed by atoms with Crippen LogP contribution < -0.4 is 0 Å². The van der Waals surface area contributed by atoms with Crippen LogP contribution in [-0.4, -0.2) is 0 Å². The predicted octanol–water partition coefficient (Wildman–Crippen LogP) is 5.96. The summed E-state index contributed by atoms with van der Waals surface area (Å²) in [6, 6.07) is 14.7. The van der Waals surface area contributed by atoms with E-state index in [9.17, 15) is 0 Å². The van der Waals surface area contributed by atoms with Crippen molar-refractivity contribution in [2.75, 3.05) is 0 Å². The highest BCUT2D eigenvalue weighted by Gasteiger charge is 1.92. The lowest BCUT2D eigenvalue weighted by Gasteiger charge is -1.95. The lowest BCUT2D eigenvalue weighted by molar-refractivity contribution is 1.43. The van der Waals surface area contributed by atoms with Gasteiger partial charge in [0.05, 0.1) is 0 Å². The molecule has 0 nitrogen and oxygen atoms in total. The van der Waals surface area contributed by atoms with Crippen molar-refractivity contribution in [1.82, 2.24) is 0 Å². The van der Waals surface area contributed by atoms with Gasteiger partial charge in [-0.25, -0.2) is 0 Å². The molecule has 0 radical (unpaired) electrons. The second-order valence-corrected chi connectivity index (χ2v) is 6.98. The van der Waals surface area contributed by atoms with Crippen LogP contribution in [0, 0.1) is 21.0 Å². The average Bonchev–Trinajstić information content (AvgIpc) is 2.24. The van der Waals surface area contributed by atoms with Gasteiger partial charge in [-0.2, -0.15) is 0 Å². The Morgan fingerprint density at radius 3 is 1.94 bits per heavy atom. The Bertz CT molecular complexity index is 478. The SMILES string of the molecule is Cc1ccc(Br)c(I)c1.Cc1cccc(I)c1. The van der Waals surface area contributed by atoms with Crippen LogP contribution in [0.2, 0.25) is 0 Å². The summed E-state index contributed by atoms with van der Waals surface area (Å²) in [6.45, 7) is 4.19. The van der Waals surface area contributed by atoms with Crippen molar-refractivity contribution in [1.29, 1.82) is 0 Å². The van der Waals surface area contributed by atoms with Crippen molar-refractivity contribution in [2.45, 2.75) is 13.8 Å². The van der Waals surface area contributed by atoms with E-state index in [1.165, 1.54) is 22.7 Å². The summed E-state index contributed by atoms with van der Waals surface area (Å²) in [7, 11) is 0. The third kappa shape index (κ3) is 6.20. The summed E-state index contributed by atoms with van der Waals surface area (Å²) in [5.74, 6) is 0. The monoisotopic (exact) mass is 514 g/mol. The molecule has 0 saturated heterocycles. The maximum atomic E-state index is 3.42. The summed E-state index contributed by atoms with van der Waals surface area (Å²) >= 11 is 8.03. The highest BCUT2D eigenvalue weighted by atomic mass is 127. The largest absolute Gasteiger partial charge is 0.0610 e. The van der Waals surface area contributed by atoms with E-state index in [4.69, 9.17) is 0 Å². The summed E-state index contributed by atoms with van der Waals surface area (Å²) in [6.07, 6.45) is 0. The summed E-state index contributed by atoms with van der Waals surface area (Å²) in [4.78, 5) is 0. The lowest BCUT2D eigenvalue weighted by Crippen LogP contribution is -1.75. The number of rotatable bonds is 0. The third-order valence-electron chi connectivity index (χ3n) is 2.06. The molecule has 2 rings (SSSR count). The highest BCUT2D eigenvalue weighted by Crippen LogP contribution is 2.19. The summed E-state index contributed by atoms with van der Waals surface area (Å²) in [5.41, 5.74) is 2.64. The Hall–Kier alpha value is 0.380. The number of hydrogen-bond donors (Lipinski definition) is 0. The van der Waals surface area contributed by atoms with Crippen LogP contribution in [0.5, 0.6) is 0 Å². The van der Waals surface area contributed by atoms with Crippen LogP contribution in [0.25, 0.3) is 0 Å². The fourth-order valence-electron chi connectivity index (χ4n) is 1.21. The number of hydrogen-bond acceptors (Lipinski definition) is 0. The molecule has 90 valence electrons. The molecule has 0 atom stereocenters. The maximum absolute atomic E-state index is 3.42. The van der Waals surface area contributed by atoms with Gasteiger partial charge in [0.15, 0.2) is 0 Å². The smallest absolute Gasteiger partial charge is 0.0309 e. The van der Waals surface area contributed by atoms with Gasteiger partial charge >= 0.3 is 0 Å². The van der Waals surface area contributed by atoms with Crippen LogP contribution in [0.15, 0.2) is 46.9 Å². The summed E-state index contributed by atoms with van der Waals surface area (Å²) < 4.78 is 3.75. The van der Waals surface area contributed by atoms with Crippen LogP contribution in [0.4, 0.5) is 0 Å². The number of aryl methyl sites for hydroxylation is 2. The Morgan fingerprint density at radius 1 is 0.882 bits per heavy atom. The molecule has 0 fully saturated rings. The Morgan fingerprint density at radius 2 is 1.53 bits per heavy atom. The first kappa shape index (κ1) is 15.4. The molecule has 0 aliphatic heterocycles.